The molecule has 0 saturated carbocycles. The fourth-order valence-corrected chi connectivity index (χ4v) is 4.23. The zero-order valence-corrected chi connectivity index (χ0v) is 19.4. The summed E-state index contributed by atoms with van der Waals surface area (Å²) in [6.07, 6.45) is 2.56. The van der Waals surface area contributed by atoms with Crippen LogP contribution in [0, 0.1) is 0 Å². The van der Waals surface area contributed by atoms with Crippen molar-refractivity contribution in [3.05, 3.63) is 54.1 Å². The summed E-state index contributed by atoms with van der Waals surface area (Å²) in [5.41, 5.74) is 1.56. The van der Waals surface area contributed by atoms with Gasteiger partial charge in [-0.3, -0.25) is 9.10 Å². The third kappa shape index (κ3) is 7.47. The SMILES string of the molecule is CCOc1ccc(N(CCCC(=O)N[C@@H](CC)c2ccc(OC)cc2)S(C)(=O)=O)cc1. The minimum Gasteiger partial charge on any atom is -0.497 e. The predicted molar refractivity (Wildman–Crippen MR) is 123 cm³/mol. The van der Waals surface area contributed by atoms with Gasteiger partial charge in [0.25, 0.3) is 0 Å². The topological polar surface area (TPSA) is 84.9 Å². The number of ether oxygens (including phenoxy) is 2. The normalized spacial score (nSPS) is 12.1. The molecule has 0 aliphatic carbocycles. The Kier molecular flexibility index (Phi) is 9.18. The maximum atomic E-state index is 12.5. The van der Waals surface area contributed by atoms with E-state index in [4.69, 9.17) is 9.47 Å². The smallest absolute Gasteiger partial charge is 0.232 e. The van der Waals surface area contributed by atoms with Gasteiger partial charge in [0.15, 0.2) is 0 Å². The molecule has 0 unspecified atom stereocenters. The van der Waals surface area contributed by atoms with Crippen LogP contribution in [0.1, 0.15) is 44.7 Å². The first-order valence-electron chi connectivity index (χ1n) is 10.4. The maximum absolute atomic E-state index is 12.5. The Balaban J connectivity index is 1.95. The summed E-state index contributed by atoms with van der Waals surface area (Å²) >= 11 is 0. The molecule has 0 aliphatic heterocycles. The first-order chi connectivity index (χ1) is 14.8. The Bertz CT molecular complexity index is 927. The molecule has 31 heavy (non-hydrogen) atoms. The predicted octanol–water partition coefficient (Wildman–Crippen LogP) is 3.91. The molecule has 0 bridgehead atoms. The van der Waals surface area contributed by atoms with Crippen LogP contribution in [0.3, 0.4) is 0 Å². The van der Waals surface area contributed by atoms with Gasteiger partial charge in [-0.1, -0.05) is 19.1 Å². The summed E-state index contributed by atoms with van der Waals surface area (Å²) in [4.78, 5) is 12.5. The van der Waals surface area contributed by atoms with Gasteiger partial charge < -0.3 is 14.8 Å². The van der Waals surface area contributed by atoms with Crippen LogP contribution in [0.2, 0.25) is 0 Å². The van der Waals surface area contributed by atoms with Gasteiger partial charge in [0, 0.05) is 13.0 Å². The van der Waals surface area contributed by atoms with E-state index in [2.05, 4.69) is 5.32 Å². The van der Waals surface area contributed by atoms with Gasteiger partial charge >= 0.3 is 0 Å². The van der Waals surface area contributed by atoms with Crippen LogP contribution in [-0.2, 0) is 14.8 Å². The average molecular weight is 449 g/mol. The van der Waals surface area contributed by atoms with Crippen molar-refractivity contribution < 1.29 is 22.7 Å². The standard InChI is InChI=1S/C23H32N2O5S/c1-5-22(18-9-13-20(29-3)14-10-18)24-23(26)8-7-17-25(31(4,27)28)19-11-15-21(16-12-19)30-6-2/h9-16,22H,5-8,17H2,1-4H3,(H,24,26)/t22-/m0/s1. The van der Waals surface area contributed by atoms with Crippen molar-refractivity contribution in [3.8, 4) is 11.5 Å². The van der Waals surface area contributed by atoms with Crippen LogP contribution in [0.15, 0.2) is 48.5 Å². The first-order valence-corrected chi connectivity index (χ1v) is 12.3. The number of hydrogen-bond acceptors (Lipinski definition) is 5. The minimum absolute atomic E-state index is 0.101. The second-order valence-electron chi connectivity index (χ2n) is 7.17. The molecule has 0 aliphatic rings. The first kappa shape index (κ1) is 24.5. The van der Waals surface area contributed by atoms with Crippen LogP contribution in [0.5, 0.6) is 11.5 Å². The molecular weight excluding hydrogens is 416 g/mol. The lowest BCUT2D eigenvalue weighted by atomic mass is 10.0. The van der Waals surface area contributed by atoms with Gasteiger partial charge in [-0.05, 0) is 61.7 Å². The molecule has 8 heteroatoms. The molecule has 1 amide bonds. The molecule has 1 N–H and O–H groups in total. The fraction of sp³-hybridized carbons (Fsp3) is 0.435. The van der Waals surface area contributed by atoms with Crippen LogP contribution in [-0.4, -0.2) is 40.8 Å². The van der Waals surface area contributed by atoms with E-state index in [0.29, 0.717) is 24.5 Å². The van der Waals surface area contributed by atoms with Gasteiger partial charge in [-0.15, -0.1) is 0 Å². The number of sulfonamides is 1. The number of carbonyl (C=O) groups is 1. The Labute approximate surface area is 185 Å². The maximum Gasteiger partial charge on any atom is 0.232 e. The molecule has 1 atom stereocenters. The molecule has 2 aromatic carbocycles. The lowest BCUT2D eigenvalue weighted by Crippen LogP contribution is -2.33. The van der Waals surface area contributed by atoms with Crippen LogP contribution in [0.4, 0.5) is 5.69 Å². The zero-order valence-electron chi connectivity index (χ0n) is 18.6. The summed E-state index contributed by atoms with van der Waals surface area (Å²) in [6, 6.07) is 14.4. The van der Waals surface area contributed by atoms with Gasteiger partial charge in [-0.25, -0.2) is 8.42 Å². The van der Waals surface area contributed by atoms with Crippen molar-refractivity contribution in [1.82, 2.24) is 5.32 Å². The number of rotatable bonds is 12. The number of anilines is 1. The Hall–Kier alpha value is -2.74. The van der Waals surface area contributed by atoms with Crippen molar-refractivity contribution in [2.75, 3.05) is 30.8 Å². The number of nitrogens with zero attached hydrogens (tertiary/aromatic N) is 1. The molecule has 2 rings (SSSR count). The van der Waals surface area contributed by atoms with Crippen LogP contribution >= 0.6 is 0 Å². The Morgan fingerprint density at radius 3 is 2.16 bits per heavy atom. The largest absolute Gasteiger partial charge is 0.497 e. The van der Waals surface area contributed by atoms with E-state index < -0.39 is 10.0 Å². The van der Waals surface area contributed by atoms with Crippen molar-refractivity contribution in [3.63, 3.8) is 0 Å². The Morgan fingerprint density at radius 2 is 1.65 bits per heavy atom. The quantitative estimate of drug-likeness (QED) is 0.532. The average Bonchev–Trinajstić information content (AvgIpc) is 2.75. The number of carbonyl (C=O) groups excluding carboxylic acids is 1. The number of benzene rings is 2. The van der Waals surface area contributed by atoms with Gasteiger partial charge in [0.2, 0.25) is 15.9 Å². The minimum atomic E-state index is -3.47. The molecule has 0 heterocycles. The number of hydrogen-bond donors (Lipinski definition) is 1. The van der Waals surface area contributed by atoms with E-state index in [1.54, 1.807) is 31.4 Å². The highest BCUT2D eigenvalue weighted by Crippen LogP contribution is 2.23. The fourth-order valence-electron chi connectivity index (χ4n) is 3.27. The third-order valence-electron chi connectivity index (χ3n) is 4.86. The van der Waals surface area contributed by atoms with Crippen molar-refractivity contribution >= 4 is 21.6 Å². The summed E-state index contributed by atoms with van der Waals surface area (Å²) in [6.45, 7) is 4.66. The van der Waals surface area contributed by atoms with Gasteiger partial charge in [0.05, 0.1) is 31.7 Å². The van der Waals surface area contributed by atoms with Gasteiger partial charge in [0.1, 0.15) is 11.5 Å². The molecule has 170 valence electrons. The number of nitrogens with one attached hydrogen (secondary N) is 1. The lowest BCUT2D eigenvalue weighted by Gasteiger charge is -2.23. The zero-order chi connectivity index (χ0) is 22.9. The molecule has 2 aromatic rings. The molecule has 7 nitrogen and oxygen atoms in total. The second kappa shape index (κ2) is 11.6. The van der Waals surface area contributed by atoms with E-state index in [-0.39, 0.29) is 24.9 Å². The number of amides is 1. The van der Waals surface area contributed by atoms with Gasteiger partial charge in [-0.2, -0.15) is 0 Å². The summed E-state index contributed by atoms with van der Waals surface area (Å²) in [7, 11) is -1.86. The highest BCUT2D eigenvalue weighted by atomic mass is 32.2. The summed E-state index contributed by atoms with van der Waals surface area (Å²) in [5.74, 6) is 1.34. The second-order valence-corrected chi connectivity index (χ2v) is 9.07. The van der Waals surface area contributed by atoms with E-state index in [1.165, 1.54) is 10.6 Å². The van der Waals surface area contributed by atoms with E-state index in [1.807, 2.05) is 38.1 Å². The van der Waals surface area contributed by atoms with Crippen molar-refractivity contribution in [2.45, 2.75) is 39.2 Å². The lowest BCUT2D eigenvalue weighted by molar-refractivity contribution is -0.121. The molecular formula is C23H32N2O5S. The highest BCUT2D eigenvalue weighted by molar-refractivity contribution is 7.92. The molecule has 0 spiro atoms. The van der Waals surface area contributed by atoms with Crippen molar-refractivity contribution in [1.29, 1.82) is 0 Å². The van der Waals surface area contributed by atoms with E-state index >= 15 is 0 Å². The molecule has 0 fully saturated rings. The molecule has 0 aromatic heterocycles. The summed E-state index contributed by atoms with van der Waals surface area (Å²) < 4.78 is 36.4. The van der Waals surface area contributed by atoms with Crippen LogP contribution < -0.4 is 19.1 Å². The van der Waals surface area contributed by atoms with Crippen molar-refractivity contribution in [2.24, 2.45) is 0 Å². The van der Waals surface area contributed by atoms with E-state index in [9.17, 15) is 13.2 Å². The van der Waals surface area contributed by atoms with E-state index in [0.717, 1.165) is 17.7 Å². The third-order valence-corrected chi connectivity index (χ3v) is 6.06. The molecule has 0 saturated heterocycles. The Morgan fingerprint density at radius 1 is 1.03 bits per heavy atom. The number of methoxy groups -OCH3 is 1. The van der Waals surface area contributed by atoms with Crippen LogP contribution in [0.25, 0.3) is 0 Å². The highest BCUT2D eigenvalue weighted by Gasteiger charge is 2.18. The summed E-state index contributed by atoms with van der Waals surface area (Å²) in [5, 5.41) is 3.03. The monoisotopic (exact) mass is 448 g/mol. The molecule has 0 radical (unpaired) electrons.